The van der Waals surface area contributed by atoms with Gasteiger partial charge in [0.2, 0.25) is 0 Å². The number of halogens is 1. The van der Waals surface area contributed by atoms with Gasteiger partial charge in [-0.05, 0) is 68.4 Å². The zero-order valence-corrected chi connectivity index (χ0v) is 17.7. The van der Waals surface area contributed by atoms with Crippen LogP contribution in [0.4, 0.5) is 4.39 Å². The molecule has 3 rings (SSSR count). The second-order valence-electron chi connectivity index (χ2n) is 9.06. The van der Waals surface area contributed by atoms with Gasteiger partial charge in [0.1, 0.15) is 17.6 Å². The van der Waals surface area contributed by atoms with E-state index in [9.17, 15) is 9.18 Å². The molecule has 2 saturated carbocycles. The fourth-order valence-corrected chi connectivity index (χ4v) is 5.31. The van der Waals surface area contributed by atoms with Gasteiger partial charge < -0.3 is 4.74 Å². The standard InChI is InChI=1S/C25H34FNO2/c1-2-3-4-5-18-6-8-19(9-7-18)20-10-12-21(13-11-20)25(28)29-23-15-14-22(17-27)24(26)16-23/h14-16,18-21H,2-13H2,1H3/t18-,19-,20-,21-. The van der Waals surface area contributed by atoms with Crippen molar-refractivity contribution in [3.05, 3.63) is 29.6 Å². The van der Waals surface area contributed by atoms with E-state index in [4.69, 9.17) is 10.00 Å². The molecule has 29 heavy (non-hydrogen) atoms. The van der Waals surface area contributed by atoms with E-state index in [1.54, 1.807) is 6.07 Å². The fraction of sp³-hybridized carbons (Fsp3) is 0.680. The first-order chi connectivity index (χ1) is 14.1. The maximum Gasteiger partial charge on any atom is 0.314 e. The predicted molar refractivity (Wildman–Crippen MR) is 112 cm³/mol. The average molecular weight is 400 g/mol. The Balaban J connectivity index is 1.41. The third-order valence-electron chi connectivity index (χ3n) is 7.16. The number of esters is 1. The van der Waals surface area contributed by atoms with Gasteiger partial charge in [0.15, 0.2) is 0 Å². The van der Waals surface area contributed by atoms with Crippen LogP contribution in [0.25, 0.3) is 0 Å². The minimum Gasteiger partial charge on any atom is -0.426 e. The van der Waals surface area contributed by atoms with Crippen molar-refractivity contribution in [3.8, 4) is 11.8 Å². The average Bonchev–Trinajstić information content (AvgIpc) is 2.75. The Bertz CT molecular complexity index is 710. The zero-order chi connectivity index (χ0) is 20.6. The lowest BCUT2D eigenvalue weighted by molar-refractivity contribution is -0.140. The number of nitrogens with zero attached hydrogens (tertiary/aromatic N) is 1. The lowest BCUT2D eigenvalue weighted by Crippen LogP contribution is -2.30. The molecule has 0 N–H and O–H groups in total. The lowest BCUT2D eigenvalue weighted by atomic mass is 9.68. The first-order valence-electron chi connectivity index (χ1n) is 11.5. The first kappa shape index (κ1) is 21.8. The van der Waals surface area contributed by atoms with Gasteiger partial charge in [-0.25, -0.2) is 4.39 Å². The molecular weight excluding hydrogens is 365 g/mol. The van der Waals surface area contributed by atoms with Gasteiger partial charge in [0.05, 0.1) is 11.5 Å². The fourth-order valence-electron chi connectivity index (χ4n) is 5.31. The molecule has 0 radical (unpaired) electrons. The molecule has 0 aromatic heterocycles. The molecule has 0 saturated heterocycles. The summed E-state index contributed by atoms with van der Waals surface area (Å²) in [5, 5.41) is 8.79. The number of carbonyl (C=O) groups is 1. The van der Waals surface area contributed by atoms with Crippen LogP contribution >= 0.6 is 0 Å². The van der Waals surface area contributed by atoms with Gasteiger partial charge in [-0.15, -0.1) is 0 Å². The van der Waals surface area contributed by atoms with Crippen molar-refractivity contribution in [1.82, 2.24) is 0 Å². The molecular formula is C25H34FNO2. The molecule has 1 aromatic rings. The van der Waals surface area contributed by atoms with E-state index in [0.29, 0.717) is 0 Å². The minimum absolute atomic E-state index is 0.0367. The molecule has 0 heterocycles. The summed E-state index contributed by atoms with van der Waals surface area (Å²) in [4.78, 5) is 12.5. The van der Waals surface area contributed by atoms with Crippen molar-refractivity contribution in [2.45, 2.75) is 84.0 Å². The van der Waals surface area contributed by atoms with Crippen LogP contribution in [0.5, 0.6) is 5.75 Å². The zero-order valence-electron chi connectivity index (χ0n) is 17.7. The van der Waals surface area contributed by atoms with Crippen LogP contribution in [0.15, 0.2) is 18.2 Å². The summed E-state index contributed by atoms with van der Waals surface area (Å²) in [6.07, 6.45) is 14.9. The van der Waals surface area contributed by atoms with E-state index in [0.717, 1.165) is 49.5 Å². The molecule has 0 aliphatic heterocycles. The number of ether oxygens (including phenoxy) is 1. The van der Waals surface area contributed by atoms with Crippen molar-refractivity contribution < 1.29 is 13.9 Å². The smallest absolute Gasteiger partial charge is 0.314 e. The summed E-state index contributed by atoms with van der Waals surface area (Å²) < 4.78 is 19.1. The van der Waals surface area contributed by atoms with Gasteiger partial charge in [-0.1, -0.05) is 45.4 Å². The van der Waals surface area contributed by atoms with Gasteiger partial charge in [-0.3, -0.25) is 4.79 Å². The van der Waals surface area contributed by atoms with Gasteiger partial charge in [0.25, 0.3) is 0 Å². The number of unbranched alkanes of at least 4 members (excludes halogenated alkanes) is 2. The second-order valence-corrected chi connectivity index (χ2v) is 9.06. The third-order valence-corrected chi connectivity index (χ3v) is 7.16. The third kappa shape index (κ3) is 6.04. The van der Waals surface area contributed by atoms with E-state index >= 15 is 0 Å². The van der Waals surface area contributed by atoms with Gasteiger partial charge >= 0.3 is 5.97 Å². The van der Waals surface area contributed by atoms with Crippen LogP contribution in [-0.2, 0) is 4.79 Å². The van der Waals surface area contributed by atoms with Crippen LogP contribution in [0.1, 0.15) is 89.5 Å². The molecule has 4 heteroatoms. The van der Waals surface area contributed by atoms with Crippen LogP contribution in [-0.4, -0.2) is 5.97 Å². The van der Waals surface area contributed by atoms with Crippen LogP contribution in [0, 0.1) is 40.8 Å². The summed E-state index contributed by atoms with van der Waals surface area (Å²) in [7, 11) is 0. The first-order valence-corrected chi connectivity index (χ1v) is 11.5. The summed E-state index contributed by atoms with van der Waals surface area (Å²) in [5.74, 6) is 1.73. The van der Waals surface area contributed by atoms with E-state index in [-0.39, 0.29) is 23.2 Å². The lowest BCUT2D eigenvalue weighted by Gasteiger charge is -2.37. The monoisotopic (exact) mass is 399 g/mol. The van der Waals surface area contributed by atoms with Gasteiger partial charge in [0, 0.05) is 6.07 Å². The summed E-state index contributed by atoms with van der Waals surface area (Å²) in [6.45, 7) is 2.27. The molecule has 0 bridgehead atoms. The number of benzene rings is 1. The minimum atomic E-state index is -0.646. The number of nitriles is 1. The van der Waals surface area contributed by atoms with Crippen molar-refractivity contribution in [2.24, 2.45) is 23.7 Å². The maximum absolute atomic E-state index is 13.7. The Hall–Kier alpha value is -1.89. The number of rotatable bonds is 7. The highest BCUT2D eigenvalue weighted by Crippen LogP contribution is 2.42. The van der Waals surface area contributed by atoms with E-state index < -0.39 is 5.82 Å². The maximum atomic E-state index is 13.7. The highest BCUT2D eigenvalue weighted by molar-refractivity contribution is 5.75. The summed E-state index contributed by atoms with van der Waals surface area (Å²) in [5.41, 5.74) is -0.0367. The molecule has 0 atom stereocenters. The number of carbonyl (C=O) groups excluding carboxylic acids is 1. The molecule has 2 aliphatic carbocycles. The molecule has 1 aromatic carbocycles. The van der Waals surface area contributed by atoms with Gasteiger partial charge in [-0.2, -0.15) is 5.26 Å². The predicted octanol–water partition coefficient (Wildman–Crippen LogP) is 6.80. The van der Waals surface area contributed by atoms with E-state index in [2.05, 4.69) is 6.92 Å². The number of hydrogen-bond acceptors (Lipinski definition) is 3. The molecule has 2 fully saturated rings. The molecule has 158 valence electrons. The molecule has 3 nitrogen and oxygen atoms in total. The quantitative estimate of drug-likeness (QED) is 0.288. The van der Waals surface area contributed by atoms with E-state index in [1.807, 2.05) is 0 Å². The summed E-state index contributed by atoms with van der Waals surface area (Å²) in [6, 6.07) is 5.75. The Kier molecular flexibility index (Phi) is 8.09. The highest BCUT2D eigenvalue weighted by atomic mass is 19.1. The van der Waals surface area contributed by atoms with E-state index in [1.165, 1.54) is 63.5 Å². The Morgan fingerprint density at radius 3 is 2.31 bits per heavy atom. The Labute approximate surface area is 174 Å². The topological polar surface area (TPSA) is 50.1 Å². The molecule has 0 unspecified atom stereocenters. The largest absolute Gasteiger partial charge is 0.426 e. The normalized spacial score (nSPS) is 27.2. The second kappa shape index (κ2) is 10.8. The van der Waals surface area contributed by atoms with Crippen LogP contribution in [0.2, 0.25) is 0 Å². The Morgan fingerprint density at radius 1 is 1.07 bits per heavy atom. The van der Waals surface area contributed by atoms with Crippen molar-refractivity contribution >= 4 is 5.97 Å². The summed E-state index contributed by atoms with van der Waals surface area (Å²) >= 11 is 0. The SMILES string of the molecule is CCCCC[C@H]1CC[C@H]([C@H]2CC[C@H](C(=O)Oc3ccc(C#N)c(F)c3)CC2)CC1. The highest BCUT2D eigenvalue weighted by Gasteiger charge is 2.33. The molecule has 0 amide bonds. The van der Waals surface area contributed by atoms with Crippen molar-refractivity contribution in [3.63, 3.8) is 0 Å². The number of hydrogen-bond donors (Lipinski definition) is 0. The molecule has 0 spiro atoms. The Morgan fingerprint density at radius 2 is 1.72 bits per heavy atom. The van der Waals surface area contributed by atoms with Crippen LogP contribution in [0.3, 0.4) is 0 Å². The van der Waals surface area contributed by atoms with Crippen molar-refractivity contribution in [1.29, 1.82) is 5.26 Å². The van der Waals surface area contributed by atoms with Crippen LogP contribution < -0.4 is 4.74 Å². The van der Waals surface area contributed by atoms with Crippen molar-refractivity contribution in [2.75, 3.05) is 0 Å². The molecule has 2 aliphatic rings.